The average Bonchev–Trinajstić information content (AvgIpc) is 3.21. The van der Waals surface area contributed by atoms with E-state index in [-0.39, 0.29) is 12.3 Å². The molecule has 0 saturated heterocycles. The summed E-state index contributed by atoms with van der Waals surface area (Å²) in [6.45, 7) is 0.133. The predicted molar refractivity (Wildman–Crippen MR) is 99.1 cm³/mol. The summed E-state index contributed by atoms with van der Waals surface area (Å²) in [7, 11) is 3.15. The Labute approximate surface area is 150 Å². The van der Waals surface area contributed by atoms with E-state index >= 15 is 0 Å². The number of methoxy groups -OCH3 is 2. The zero-order valence-electron chi connectivity index (χ0n) is 14.4. The van der Waals surface area contributed by atoms with E-state index in [1.807, 2.05) is 36.4 Å². The first-order chi connectivity index (χ1) is 12.6. The monoisotopic (exact) mass is 350 g/mol. The third-order valence-corrected chi connectivity index (χ3v) is 4.40. The molecule has 0 atom stereocenters. The van der Waals surface area contributed by atoms with Crippen molar-refractivity contribution < 1.29 is 14.3 Å². The lowest BCUT2D eigenvalue weighted by Gasteiger charge is -2.20. The van der Waals surface area contributed by atoms with Gasteiger partial charge >= 0.3 is 0 Å². The lowest BCUT2D eigenvalue weighted by molar-refractivity contribution is -0.112. The number of benzene rings is 2. The van der Waals surface area contributed by atoms with Gasteiger partial charge in [-0.3, -0.25) is 4.79 Å². The Kier molecular flexibility index (Phi) is 3.76. The number of anilines is 1. The molecule has 2 aromatic carbocycles. The number of nitrogens with one attached hydrogen (secondary N) is 1. The summed E-state index contributed by atoms with van der Waals surface area (Å²) in [6.07, 6.45) is 0. The molecule has 7 heteroatoms. The Hall–Kier alpha value is -3.48. The van der Waals surface area contributed by atoms with Crippen LogP contribution in [-0.2, 0) is 4.79 Å². The molecule has 0 radical (unpaired) electrons. The predicted octanol–water partition coefficient (Wildman–Crippen LogP) is 2.30. The fraction of sp³-hybridized carbons (Fsp3) is 0.158. The highest BCUT2D eigenvalue weighted by molar-refractivity contribution is 6.26. The second-order valence-electron chi connectivity index (χ2n) is 5.94. The molecule has 0 spiro atoms. The maximum Gasteiger partial charge on any atom is 0.189 e. The molecule has 7 nitrogen and oxygen atoms in total. The van der Waals surface area contributed by atoms with E-state index in [0.29, 0.717) is 28.7 Å². The number of ketones is 1. The summed E-state index contributed by atoms with van der Waals surface area (Å²) in [6, 6.07) is 13.0. The number of nitrogens with two attached hydrogens (primary N) is 1. The van der Waals surface area contributed by atoms with Crippen molar-refractivity contribution in [3.05, 3.63) is 54.1 Å². The van der Waals surface area contributed by atoms with E-state index in [4.69, 9.17) is 15.2 Å². The summed E-state index contributed by atoms with van der Waals surface area (Å²) in [5.74, 6) is 1.98. The molecule has 26 heavy (non-hydrogen) atoms. The fourth-order valence-corrected chi connectivity index (χ4v) is 3.09. The average molecular weight is 350 g/mol. The SMILES string of the molecule is COc1cc(OC)cc(N2CC(=O)C(c3nc4ccccc4[nH]3)=C2N)c1. The maximum absolute atomic E-state index is 12.7. The Balaban J connectivity index is 1.79. The highest BCUT2D eigenvalue weighted by atomic mass is 16.5. The number of aromatic amines is 1. The molecule has 3 aromatic rings. The van der Waals surface area contributed by atoms with E-state index in [2.05, 4.69) is 9.97 Å². The van der Waals surface area contributed by atoms with Gasteiger partial charge in [0, 0.05) is 18.2 Å². The van der Waals surface area contributed by atoms with Crippen LogP contribution in [0.3, 0.4) is 0 Å². The molecule has 2 heterocycles. The van der Waals surface area contributed by atoms with Gasteiger partial charge in [-0.05, 0) is 12.1 Å². The van der Waals surface area contributed by atoms with Gasteiger partial charge in [0.1, 0.15) is 28.7 Å². The number of hydrogen-bond acceptors (Lipinski definition) is 6. The third-order valence-electron chi connectivity index (χ3n) is 4.40. The van der Waals surface area contributed by atoms with Crippen LogP contribution in [-0.4, -0.2) is 36.5 Å². The Bertz CT molecular complexity index is 983. The van der Waals surface area contributed by atoms with Crippen LogP contribution < -0.4 is 20.1 Å². The number of carbonyl (C=O) groups is 1. The largest absolute Gasteiger partial charge is 0.497 e. The van der Waals surface area contributed by atoms with Crippen LogP contribution in [0.2, 0.25) is 0 Å². The summed E-state index contributed by atoms with van der Waals surface area (Å²) in [4.78, 5) is 22.1. The minimum absolute atomic E-state index is 0.0941. The molecule has 4 rings (SSSR count). The second-order valence-corrected chi connectivity index (χ2v) is 5.94. The zero-order valence-corrected chi connectivity index (χ0v) is 14.4. The van der Waals surface area contributed by atoms with Gasteiger partial charge < -0.3 is 25.1 Å². The van der Waals surface area contributed by atoms with Crippen molar-refractivity contribution >= 4 is 28.1 Å². The molecule has 132 valence electrons. The molecule has 3 N–H and O–H groups in total. The Morgan fingerprint density at radius 2 is 1.81 bits per heavy atom. The van der Waals surface area contributed by atoms with Gasteiger partial charge in [-0.25, -0.2) is 4.98 Å². The Morgan fingerprint density at radius 3 is 2.46 bits per heavy atom. The summed E-state index contributed by atoms with van der Waals surface area (Å²) in [5, 5.41) is 0. The van der Waals surface area contributed by atoms with E-state index in [1.54, 1.807) is 25.2 Å². The Morgan fingerprint density at radius 1 is 1.12 bits per heavy atom. The first-order valence-corrected chi connectivity index (χ1v) is 8.09. The normalized spacial score (nSPS) is 14.4. The quantitative estimate of drug-likeness (QED) is 0.750. The number of ether oxygens (including phenoxy) is 2. The van der Waals surface area contributed by atoms with Crippen molar-refractivity contribution in [2.45, 2.75) is 0 Å². The number of fused-ring (bicyclic) bond motifs is 1. The molecule has 1 aromatic heterocycles. The summed E-state index contributed by atoms with van der Waals surface area (Å²) < 4.78 is 10.6. The van der Waals surface area contributed by atoms with E-state index in [9.17, 15) is 4.79 Å². The van der Waals surface area contributed by atoms with Gasteiger partial charge in [0.15, 0.2) is 5.78 Å². The van der Waals surface area contributed by atoms with E-state index in [1.165, 1.54) is 0 Å². The highest BCUT2D eigenvalue weighted by Gasteiger charge is 2.32. The van der Waals surface area contributed by atoms with Gasteiger partial charge in [0.25, 0.3) is 0 Å². The van der Waals surface area contributed by atoms with Crippen LogP contribution in [0.4, 0.5) is 5.69 Å². The number of hydrogen-bond donors (Lipinski definition) is 2. The van der Waals surface area contributed by atoms with Crippen LogP contribution >= 0.6 is 0 Å². The smallest absolute Gasteiger partial charge is 0.189 e. The van der Waals surface area contributed by atoms with Gasteiger partial charge in [-0.15, -0.1) is 0 Å². The molecular formula is C19H18N4O3. The maximum atomic E-state index is 12.7. The van der Waals surface area contributed by atoms with Crippen LogP contribution in [0.1, 0.15) is 5.82 Å². The van der Waals surface area contributed by atoms with E-state index in [0.717, 1.165) is 16.7 Å². The van der Waals surface area contributed by atoms with Crippen molar-refractivity contribution in [3.63, 3.8) is 0 Å². The fourth-order valence-electron chi connectivity index (χ4n) is 3.09. The molecule has 0 bridgehead atoms. The number of H-pyrrole nitrogens is 1. The van der Waals surface area contributed by atoms with Crippen LogP contribution in [0.15, 0.2) is 48.3 Å². The molecule has 1 aliphatic rings. The van der Waals surface area contributed by atoms with Gasteiger partial charge in [-0.2, -0.15) is 0 Å². The van der Waals surface area contributed by atoms with Crippen LogP contribution in [0.5, 0.6) is 11.5 Å². The minimum atomic E-state index is -0.0941. The number of imidazole rings is 1. The van der Waals surface area contributed by atoms with Crippen molar-refractivity contribution in [1.82, 2.24) is 9.97 Å². The van der Waals surface area contributed by atoms with Gasteiger partial charge in [0.2, 0.25) is 0 Å². The lowest BCUT2D eigenvalue weighted by atomic mass is 10.2. The minimum Gasteiger partial charge on any atom is -0.497 e. The first-order valence-electron chi connectivity index (χ1n) is 8.09. The van der Waals surface area contributed by atoms with Crippen molar-refractivity contribution in [2.24, 2.45) is 5.73 Å². The van der Waals surface area contributed by atoms with E-state index < -0.39 is 0 Å². The molecule has 0 amide bonds. The zero-order chi connectivity index (χ0) is 18.3. The molecular weight excluding hydrogens is 332 g/mol. The summed E-state index contributed by atoms with van der Waals surface area (Å²) >= 11 is 0. The standard InChI is InChI=1S/C19H18N4O3/c1-25-12-7-11(8-13(9-12)26-2)23-10-16(24)17(18(23)20)19-21-14-5-3-4-6-15(14)22-19/h3-9H,10,20H2,1-2H3,(H,21,22). The number of carbonyl (C=O) groups excluding carboxylic acids is 1. The van der Waals surface area contributed by atoms with Crippen molar-refractivity contribution in [1.29, 1.82) is 0 Å². The molecule has 0 fully saturated rings. The topological polar surface area (TPSA) is 93.5 Å². The van der Waals surface area contributed by atoms with Gasteiger partial charge in [-0.1, -0.05) is 12.1 Å². The van der Waals surface area contributed by atoms with Crippen LogP contribution in [0.25, 0.3) is 16.6 Å². The molecule has 0 unspecified atom stereocenters. The van der Waals surface area contributed by atoms with Crippen molar-refractivity contribution in [2.75, 3.05) is 25.7 Å². The first kappa shape index (κ1) is 16.0. The number of nitrogens with zero attached hydrogens (tertiary/aromatic N) is 2. The number of aromatic nitrogens is 2. The van der Waals surface area contributed by atoms with Crippen molar-refractivity contribution in [3.8, 4) is 11.5 Å². The lowest BCUT2D eigenvalue weighted by Crippen LogP contribution is -2.25. The molecule has 1 aliphatic heterocycles. The second kappa shape index (κ2) is 6.11. The van der Waals surface area contributed by atoms with Crippen LogP contribution in [0, 0.1) is 0 Å². The highest BCUT2D eigenvalue weighted by Crippen LogP contribution is 2.34. The van der Waals surface area contributed by atoms with Gasteiger partial charge in [0.05, 0.1) is 37.5 Å². The number of Topliss-reactive ketones (excluding diaryl/α,β-unsaturated/α-hetero) is 1. The molecule has 0 saturated carbocycles. The summed E-state index contributed by atoms with van der Waals surface area (Å²) in [5.41, 5.74) is 9.09. The number of para-hydroxylation sites is 2. The number of rotatable bonds is 4. The molecule has 0 aliphatic carbocycles. The third kappa shape index (κ3) is 2.54.